The molecule has 0 radical (unpaired) electrons. The molecule has 5 rings (SSSR count). The van der Waals surface area contributed by atoms with Crippen molar-refractivity contribution in [3.05, 3.63) is 82.5 Å². The molecule has 2 aromatic carbocycles. The number of imide groups is 1. The van der Waals surface area contributed by atoms with E-state index in [1.54, 1.807) is 18.2 Å². The van der Waals surface area contributed by atoms with Crippen molar-refractivity contribution in [3.63, 3.8) is 0 Å². The van der Waals surface area contributed by atoms with E-state index in [2.05, 4.69) is 44.5 Å². The normalized spacial score (nSPS) is 17.9. The second-order valence-electron chi connectivity index (χ2n) is 8.71. The molecule has 0 bridgehead atoms. The summed E-state index contributed by atoms with van der Waals surface area (Å²) in [5, 5.41) is 1.88. The molecule has 9 heteroatoms. The predicted octanol–water partition coefficient (Wildman–Crippen LogP) is 4.94. The summed E-state index contributed by atoms with van der Waals surface area (Å²) in [5.74, 6) is 1.10. The van der Waals surface area contributed by atoms with Crippen molar-refractivity contribution in [2.45, 2.75) is 32.4 Å². The minimum atomic E-state index is -0.393. The summed E-state index contributed by atoms with van der Waals surface area (Å²) < 4.78 is 12.3. The number of nitrogens with one attached hydrogen (secondary N) is 1. The largest absolute Gasteiger partial charge is 0.474 e. The summed E-state index contributed by atoms with van der Waals surface area (Å²) in [6.45, 7) is 4.77. The molecule has 3 heterocycles. The Kier molecular flexibility index (Phi) is 7.29. The number of rotatable bonds is 7. The number of piperidine rings is 1. The van der Waals surface area contributed by atoms with Crippen molar-refractivity contribution < 1.29 is 19.1 Å². The highest BCUT2D eigenvalue weighted by molar-refractivity contribution is 8.18. The first-order valence-electron chi connectivity index (χ1n) is 11.8. The van der Waals surface area contributed by atoms with Crippen LogP contribution in [0.3, 0.4) is 0 Å². The van der Waals surface area contributed by atoms with E-state index in [9.17, 15) is 9.59 Å². The fourth-order valence-corrected chi connectivity index (χ4v) is 4.86. The number of benzene rings is 2. The third kappa shape index (κ3) is 5.92. The number of nitrogens with zero attached hydrogens (tertiary/aromatic N) is 3. The van der Waals surface area contributed by atoms with Crippen LogP contribution in [0.4, 0.5) is 4.79 Å². The predicted molar refractivity (Wildman–Crippen MR) is 138 cm³/mol. The Labute approximate surface area is 213 Å². The van der Waals surface area contributed by atoms with E-state index >= 15 is 0 Å². The second kappa shape index (κ2) is 10.9. The van der Waals surface area contributed by atoms with Crippen LogP contribution < -0.4 is 14.8 Å². The third-order valence-electron chi connectivity index (χ3n) is 6.07. The van der Waals surface area contributed by atoms with Gasteiger partial charge in [0, 0.05) is 19.6 Å². The van der Waals surface area contributed by atoms with Crippen LogP contribution in [0, 0.1) is 6.92 Å². The molecule has 8 nitrogen and oxygen atoms in total. The van der Waals surface area contributed by atoms with Crippen LogP contribution in [0.1, 0.15) is 29.5 Å². The molecule has 0 spiro atoms. The molecule has 184 valence electrons. The van der Waals surface area contributed by atoms with E-state index < -0.39 is 5.91 Å². The average Bonchev–Trinajstić information content (AvgIpc) is 3.20. The highest BCUT2D eigenvalue weighted by Crippen LogP contribution is 2.31. The van der Waals surface area contributed by atoms with E-state index in [1.807, 2.05) is 25.1 Å². The molecule has 2 aliphatic rings. The fraction of sp³-hybridized carbons (Fsp3) is 0.259. The Morgan fingerprint density at radius 1 is 1.06 bits per heavy atom. The monoisotopic (exact) mass is 502 g/mol. The van der Waals surface area contributed by atoms with Crippen LogP contribution in [-0.4, -0.2) is 45.2 Å². The summed E-state index contributed by atoms with van der Waals surface area (Å²) in [6, 6.07) is 17.8. The first-order chi connectivity index (χ1) is 17.5. The summed E-state index contributed by atoms with van der Waals surface area (Å²) >= 11 is 0.880. The molecule has 2 amide bonds. The minimum Gasteiger partial charge on any atom is -0.474 e. The molecule has 0 unspecified atom stereocenters. The Morgan fingerprint density at radius 3 is 2.58 bits per heavy atom. The highest BCUT2D eigenvalue weighted by Gasteiger charge is 2.25. The molecule has 36 heavy (non-hydrogen) atoms. The Hall–Kier alpha value is -3.69. The maximum Gasteiger partial charge on any atom is 0.290 e. The lowest BCUT2D eigenvalue weighted by atomic mass is 10.1. The van der Waals surface area contributed by atoms with Crippen LogP contribution >= 0.6 is 11.8 Å². The molecule has 0 aliphatic carbocycles. The quantitative estimate of drug-likeness (QED) is 0.454. The number of hydrogen-bond donors (Lipinski definition) is 1. The minimum absolute atomic E-state index is 0.0891. The summed E-state index contributed by atoms with van der Waals surface area (Å²) in [4.78, 5) is 34.7. The smallest absolute Gasteiger partial charge is 0.290 e. The Morgan fingerprint density at radius 2 is 1.83 bits per heavy atom. The van der Waals surface area contributed by atoms with Crippen LogP contribution in [-0.2, 0) is 11.3 Å². The number of thioether (sulfide) groups is 1. The molecule has 0 atom stereocenters. The van der Waals surface area contributed by atoms with Gasteiger partial charge in [-0.25, -0.2) is 9.97 Å². The fourth-order valence-electron chi connectivity index (χ4n) is 4.18. The van der Waals surface area contributed by atoms with Crippen molar-refractivity contribution in [2.24, 2.45) is 0 Å². The van der Waals surface area contributed by atoms with Crippen molar-refractivity contribution in [1.29, 1.82) is 0 Å². The molecule has 1 N–H and O–H groups in total. The van der Waals surface area contributed by atoms with Crippen molar-refractivity contribution in [2.75, 3.05) is 13.1 Å². The Bertz CT molecular complexity index is 1290. The van der Waals surface area contributed by atoms with E-state index in [1.165, 1.54) is 11.9 Å². The summed E-state index contributed by atoms with van der Waals surface area (Å²) in [5.41, 5.74) is 2.79. The number of hydrogen-bond acceptors (Lipinski definition) is 8. The van der Waals surface area contributed by atoms with Crippen molar-refractivity contribution in [1.82, 2.24) is 20.2 Å². The molecule has 2 fully saturated rings. The van der Waals surface area contributed by atoms with Gasteiger partial charge in [-0.3, -0.25) is 19.8 Å². The lowest BCUT2D eigenvalue weighted by Gasteiger charge is -2.32. The average molecular weight is 503 g/mol. The van der Waals surface area contributed by atoms with E-state index in [0.29, 0.717) is 22.4 Å². The number of amides is 2. The zero-order valence-electron chi connectivity index (χ0n) is 19.8. The number of carbonyl (C=O) groups is 2. The number of ether oxygens (including phenoxy) is 2. The maximum atomic E-state index is 11.8. The Balaban J connectivity index is 1.21. The van der Waals surface area contributed by atoms with Gasteiger partial charge in [-0.1, -0.05) is 42.5 Å². The standard InChI is InChI=1S/C27H26N4O4S/c1-18-25(34-21-10-12-31(13-11-21)16-19-6-3-2-4-7-19)28-17-29-26(18)35-22-9-5-8-20(14-22)15-23-24(32)30-27(33)36-23/h2-9,14-15,17,21H,10-13,16H2,1H3,(H,30,32,33)/b23-15+. The number of carbonyl (C=O) groups excluding carboxylic acids is 2. The van der Waals surface area contributed by atoms with Crippen LogP contribution in [0.2, 0.25) is 0 Å². The first kappa shape index (κ1) is 24.0. The maximum absolute atomic E-state index is 11.8. The zero-order chi connectivity index (χ0) is 24.9. The van der Waals surface area contributed by atoms with E-state index in [-0.39, 0.29) is 11.3 Å². The van der Waals surface area contributed by atoms with Crippen molar-refractivity contribution in [3.8, 4) is 17.5 Å². The van der Waals surface area contributed by atoms with Gasteiger partial charge in [0.25, 0.3) is 11.1 Å². The second-order valence-corrected chi connectivity index (χ2v) is 9.73. The first-order valence-corrected chi connectivity index (χ1v) is 12.6. The van der Waals surface area contributed by atoms with Gasteiger partial charge in [0.2, 0.25) is 11.8 Å². The van der Waals surface area contributed by atoms with Gasteiger partial charge in [0.15, 0.2) is 0 Å². The van der Waals surface area contributed by atoms with Gasteiger partial charge >= 0.3 is 0 Å². The van der Waals surface area contributed by atoms with Gasteiger partial charge in [0.05, 0.1) is 10.5 Å². The van der Waals surface area contributed by atoms with Gasteiger partial charge in [-0.05, 0) is 60.9 Å². The molecule has 1 aromatic heterocycles. The van der Waals surface area contributed by atoms with Crippen LogP contribution in [0.25, 0.3) is 6.08 Å². The molecular formula is C27H26N4O4S. The van der Waals surface area contributed by atoms with Crippen molar-refractivity contribution >= 4 is 29.0 Å². The summed E-state index contributed by atoms with van der Waals surface area (Å²) in [7, 11) is 0. The third-order valence-corrected chi connectivity index (χ3v) is 6.88. The topological polar surface area (TPSA) is 93.6 Å². The van der Waals surface area contributed by atoms with Crippen LogP contribution in [0.15, 0.2) is 65.8 Å². The SMILES string of the molecule is Cc1c(Oc2cccc(/C=C3/SC(=O)NC3=O)c2)ncnc1OC1CCN(Cc2ccccc2)CC1. The van der Waals surface area contributed by atoms with Gasteiger partial charge in [0.1, 0.15) is 18.2 Å². The molecular weight excluding hydrogens is 476 g/mol. The lowest BCUT2D eigenvalue weighted by molar-refractivity contribution is -0.115. The number of aromatic nitrogens is 2. The summed E-state index contributed by atoms with van der Waals surface area (Å²) in [6.07, 6.45) is 5.04. The molecule has 3 aromatic rings. The highest BCUT2D eigenvalue weighted by atomic mass is 32.2. The van der Waals surface area contributed by atoms with E-state index in [0.717, 1.165) is 55.4 Å². The zero-order valence-corrected chi connectivity index (χ0v) is 20.7. The molecule has 2 aliphatic heterocycles. The van der Waals surface area contributed by atoms with Gasteiger partial charge in [-0.2, -0.15) is 0 Å². The lowest BCUT2D eigenvalue weighted by Crippen LogP contribution is -2.38. The number of likely N-dealkylation sites (tertiary alicyclic amines) is 1. The molecule has 0 saturated carbocycles. The van der Waals surface area contributed by atoms with Gasteiger partial charge < -0.3 is 9.47 Å². The van der Waals surface area contributed by atoms with Crippen LogP contribution in [0.5, 0.6) is 17.5 Å². The van der Waals surface area contributed by atoms with Gasteiger partial charge in [-0.15, -0.1) is 0 Å². The van der Waals surface area contributed by atoms with E-state index in [4.69, 9.17) is 9.47 Å². The molecule has 2 saturated heterocycles.